The fourth-order valence-corrected chi connectivity index (χ4v) is 3.19. The van der Waals surface area contributed by atoms with Gasteiger partial charge in [0.05, 0.1) is 0 Å². The molecule has 1 saturated heterocycles. The van der Waals surface area contributed by atoms with Crippen LogP contribution in [-0.4, -0.2) is 42.5 Å². The van der Waals surface area contributed by atoms with Gasteiger partial charge in [0.15, 0.2) is 6.61 Å². The highest BCUT2D eigenvalue weighted by Crippen LogP contribution is 2.22. The number of nitrogens with one attached hydrogen (secondary N) is 1. The van der Waals surface area contributed by atoms with Crippen molar-refractivity contribution >= 4 is 11.8 Å². The summed E-state index contributed by atoms with van der Waals surface area (Å²) in [5.74, 6) is 1.28. The Morgan fingerprint density at radius 3 is 2.36 bits per heavy atom. The van der Waals surface area contributed by atoms with E-state index >= 15 is 0 Å². The molecule has 0 spiro atoms. The van der Waals surface area contributed by atoms with Crippen LogP contribution in [0.3, 0.4) is 0 Å². The number of benzene rings is 1. The lowest BCUT2D eigenvalue weighted by atomic mass is 10.0. The van der Waals surface area contributed by atoms with Gasteiger partial charge in [-0.05, 0) is 43.7 Å². The van der Waals surface area contributed by atoms with Crippen molar-refractivity contribution in [3.05, 3.63) is 29.3 Å². The van der Waals surface area contributed by atoms with Crippen molar-refractivity contribution in [3.63, 3.8) is 0 Å². The van der Waals surface area contributed by atoms with E-state index in [2.05, 4.69) is 19.2 Å². The first-order valence-electron chi connectivity index (χ1n) is 9.13. The number of rotatable bonds is 6. The van der Waals surface area contributed by atoms with E-state index in [0.29, 0.717) is 25.4 Å². The van der Waals surface area contributed by atoms with Crippen LogP contribution in [0.5, 0.6) is 5.75 Å². The van der Waals surface area contributed by atoms with Crippen LogP contribution in [0.25, 0.3) is 0 Å². The van der Waals surface area contributed by atoms with Gasteiger partial charge in [-0.3, -0.25) is 9.59 Å². The molecule has 1 aliphatic rings. The summed E-state index contributed by atoms with van der Waals surface area (Å²) in [6, 6.07) is 6.05. The maximum absolute atomic E-state index is 12.2. The molecule has 2 amide bonds. The number of amides is 2. The van der Waals surface area contributed by atoms with Crippen LogP contribution in [0.1, 0.15) is 44.2 Å². The Morgan fingerprint density at radius 1 is 1.20 bits per heavy atom. The van der Waals surface area contributed by atoms with Gasteiger partial charge in [0.25, 0.3) is 5.91 Å². The number of aryl methyl sites for hydroxylation is 2. The molecule has 0 radical (unpaired) electrons. The molecule has 1 aromatic rings. The molecule has 1 aliphatic heterocycles. The highest BCUT2D eigenvalue weighted by atomic mass is 16.5. The van der Waals surface area contributed by atoms with Gasteiger partial charge in [0.1, 0.15) is 5.75 Å². The third kappa shape index (κ3) is 5.76. The minimum atomic E-state index is -0.102. The summed E-state index contributed by atoms with van der Waals surface area (Å²) in [5, 5.41) is 3.03. The predicted molar refractivity (Wildman–Crippen MR) is 98.6 cm³/mol. The Bertz CT molecular complexity index is 585. The average molecular weight is 346 g/mol. The molecule has 25 heavy (non-hydrogen) atoms. The molecule has 0 unspecified atom stereocenters. The topological polar surface area (TPSA) is 58.6 Å². The molecule has 1 heterocycles. The van der Waals surface area contributed by atoms with Crippen molar-refractivity contribution in [3.8, 4) is 5.75 Å². The molecule has 1 aromatic carbocycles. The van der Waals surface area contributed by atoms with Gasteiger partial charge in [-0.15, -0.1) is 0 Å². The lowest BCUT2D eigenvalue weighted by Crippen LogP contribution is -2.47. The predicted octanol–water partition coefficient (Wildman–Crippen LogP) is 2.84. The lowest BCUT2D eigenvalue weighted by Gasteiger charge is -2.32. The third-order valence-electron chi connectivity index (χ3n) is 4.55. The Morgan fingerprint density at radius 2 is 1.80 bits per heavy atom. The molecule has 1 N–H and O–H groups in total. The zero-order chi connectivity index (χ0) is 18.4. The number of ether oxygens (including phenoxy) is 1. The quantitative estimate of drug-likeness (QED) is 0.862. The van der Waals surface area contributed by atoms with E-state index in [4.69, 9.17) is 4.74 Å². The number of nitrogens with zero attached hydrogens (tertiary/aromatic N) is 1. The van der Waals surface area contributed by atoms with Gasteiger partial charge < -0.3 is 15.0 Å². The molecule has 138 valence electrons. The van der Waals surface area contributed by atoms with Crippen molar-refractivity contribution < 1.29 is 14.3 Å². The van der Waals surface area contributed by atoms with Crippen LogP contribution in [0.4, 0.5) is 0 Å². The molecule has 5 heteroatoms. The number of piperidine rings is 1. The van der Waals surface area contributed by atoms with Crippen LogP contribution in [0, 0.1) is 19.8 Å². The molecule has 0 bridgehead atoms. The summed E-state index contributed by atoms with van der Waals surface area (Å²) < 4.78 is 5.70. The second kappa shape index (κ2) is 8.88. The second-order valence-electron chi connectivity index (χ2n) is 7.33. The first-order valence-corrected chi connectivity index (χ1v) is 9.13. The molecule has 5 nitrogen and oxygen atoms in total. The Labute approximate surface area is 150 Å². The Kier molecular flexibility index (Phi) is 6.85. The summed E-state index contributed by atoms with van der Waals surface area (Å²) >= 11 is 0. The molecule has 0 aliphatic carbocycles. The van der Waals surface area contributed by atoms with Crippen LogP contribution in [0.2, 0.25) is 0 Å². The number of hydrogen-bond acceptors (Lipinski definition) is 3. The van der Waals surface area contributed by atoms with E-state index in [9.17, 15) is 9.59 Å². The first-order chi connectivity index (χ1) is 11.9. The van der Waals surface area contributed by atoms with Gasteiger partial charge in [0.2, 0.25) is 5.91 Å². The van der Waals surface area contributed by atoms with E-state index in [1.165, 1.54) is 0 Å². The van der Waals surface area contributed by atoms with E-state index in [-0.39, 0.29) is 24.5 Å². The first kappa shape index (κ1) is 19.3. The summed E-state index contributed by atoms with van der Waals surface area (Å²) in [6.45, 7) is 9.52. The largest absolute Gasteiger partial charge is 0.483 e. The van der Waals surface area contributed by atoms with Crippen LogP contribution >= 0.6 is 0 Å². The smallest absolute Gasteiger partial charge is 0.258 e. The summed E-state index contributed by atoms with van der Waals surface area (Å²) in [7, 11) is 0. The van der Waals surface area contributed by atoms with E-state index in [1.54, 1.807) is 0 Å². The minimum absolute atomic E-state index is 0.0260. The van der Waals surface area contributed by atoms with Crippen LogP contribution in [-0.2, 0) is 9.59 Å². The fraction of sp³-hybridized carbons (Fsp3) is 0.600. The lowest BCUT2D eigenvalue weighted by molar-refractivity contribution is -0.133. The molecular weight excluding hydrogens is 316 g/mol. The fourth-order valence-electron chi connectivity index (χ4n) is 3.19. The number of likely N-dealkylation sites (tertiary alicyclic amines) is 1. The number of carbonyl (C=O) groups is 2. The molecule has 2 rings (SSSR count). The number of para-hydroxylation sites is 1. The normalized spacial score (nSPS) is 15.3. The SMILES string of the molecule is Cc1cccc(C)c1OCC(=O)NC1CCN(C(=O)CC(C)C)CC1. The van der Waals surface area contributed by atoms with Crippen molar-refractivity contribution in [2.75, 3.05) is 19.7 Å². The summed E-state index contributed by atoms with van der Waals surface area (Å²) in [5.41, 5.74) is 2.06. The van der Waals surface area contributed by atoms with Gasteiger partial charge in [0, 0.05) is 25.6 Å². The molecule has 0 aromatic heterocycles. The van der Waals surface area contributed by atoms with Crippen molar-refractivity contribution in [2.45, 2.75) is 53.0 Å². The molecular formula is C20H30N2O3. The van der Waals surface area contributed by atoms with E-state index < -0.39 is 0 Å². The van der Waals surface area contributed by atoms with Crippen molar-refractivity contribution in [1.29, 1.82) is 0 Å². The second-order valence-corrected chi connectivity index (χ2v) is 7.33. The minimum Gasteiger partial charge on any atom is -0.483 e. The average Bonchev–Trinajstić information content (AvgIpc) is 2.54. The molecule has 0 saturated carbocycles. The zero-order valence-corrected chi connectivity index (χ0v) is 15.8. The molecule has 1 fully saturated rings. The van der Waals surface area contributed by atoms with Crippen LogP contribution < -0.4 is 10.1 Å². The maximum Gasteiger partial charge on any atom is 0.258 e. The molecule has 0 atom stereocenters. The zero-order valence-electron chi connectivity index (χ0n) is 15.8. The maximum atomic E-state index is 12.2. The standard InChI is InChI=1S/C20H30N2O3/c1-14(2)12-19(24)22-10-8-17(9-11-22)21-18(23)13-25-20-15(3)6-5-7-16(20)4/h5-7,14,17H,8-13H2,1-4H3,(H,21,23). The Hall–Kier alpha value is -2.04. The third-order valence-corrected chi connectivity index (χ3v) is 4.55. The number of hydrogen-bond donors (Lipinski definition) is 1. The van der Waals surface area contributed by atoms with E-state index in [0.717, 1.165) is 29.7 Å². The van der Waals surface area contributed by atoms with Gasteiger partial charge >= 0.3 is 0 Å². The van der Waals surface area contributed by atoms with Gasteiger partial charge in [-0.25, -0.2) is 0 Å². The number of carbonyl (C=O) groups excluding carboxylic acids is 2. The van der Waals surface area contributed by atoms with Gasteiger partial charge in [-0.2, -0.15) is 0 Å². The summed E-state index contributed by atoms with van der Waals surface area (Å²) in [4.78, 5) is 26.1. The monoisotopic (exact) mass is 346 g/mol. The van der Waals surface area contributed by atoms with Crippen molar-refractivity contribution in [1.82, 2.24) is 10.2 Å². The highest BCUT2D eigenvalue weighted by molar-refractivity contribution is 5.78. The summed E-state index contributed by atoms with van der Waals surface area (Å²) in [6.07, 6.45) is 2.21. The van der Waals surface area contributed by atoms with Crippen LogP contribution in [0.15, 0.2) is 18.2 Å². The highest BCUT2D eigenvalue weighted by Gasteiger charge is 2.24. The van der Waals surface area contributed by atoms with E-state index in [1.807, 2.05) is 36.9 Å². The Balaban J connectivity index is 1.74. The van der Waals surface area contributed by atoms with Crippen molar-refractivity contribution in [2.24, 2.45) is 5.92 Å². The van der Waals surface area contributed by atoms with Gasteiger partial charge in [-0.1, -0.05) is 32.0 Å².